The maximum absolute atomic E-state index is 13.1. The van der Waals surface area contributed by atoms with Crippen LogP contribution in [0.2, 0.25) is 0 Å². The summed E-state index contributed by atoms with van der Waals surface area (Å²) in [7, 11) is -3.97. The number of carbonyl (C=O) groups excluding carboxylic acids is 1. The monoisotopic (exact) mass is 437 g/mol. The van der Waals surface area contributed by atoms with Crippen LogP contribution >= 0.6 is 0 Å². The van der Waals surface area contributed by atoms with Gasteiger partial charge in [0.2, 0.25) is 0 Å². The second-order valence-corrected chi connectivity index (χ2v) is 8.24. The number of hydrogen-bond donors (Lipinski definition) is 2. The number of aromatic carboxylic acids is 1. The highest BCUT2D eigenvalue weighted by Gasteiger charge is 2.26. The molecule has 0 fully saturated rings. The highest BCUT2D eigenvalue weighted by molar-refractivity contribution is 7.92. The van der Waals surface area contributed by atoms with Crippen molar-refractivity contribution in [1.29, 1.82) is 0 Å². The third-order valence-electron chi connectivity index (χ3n) is 4.22. The summed E-state index contributed by atoms with van der Waals surface area (Å²) >= 11 is 0. The van der Waals surface area contributed by atoms with Gasteiger partial charge < -0.3 is 5.11 Å². The topological polar surface area (TPSA) is 116 Å². The zero-order valence-electron chi connectivity index (χ0n) is 16.3. The lowest BCUT2D eigenvalue weighted by Crippen LogP contribution is -2.39. The molecule has 0 saturated carbocycles. The molecule has 0 aliphatic carbocycles. The average molecular weight is 437 g/mol. The lowest BCUT2D eigenvalue weighted by atomic mass is 10.1. The quantitative estimate of drug-likeness (QED) is 0.415. The molecule has 0 atom stereocenters. The zero-order valence-corrected chi connectivity index (χ0v) is 17.1. The lowest BCUT2D eigenvalue weighted by Gasteiger charge is -2.23. The molecule has 3 aromatic rings. The Labute approximate surface area is 179 Å². The van der Waals surface area contributed by atoms with Crippen LogP contribution in [0, 0.1) is 0 Å². The number of carboxylic acid groups (broad SMARTS) is 1. The molecule has 0 radical (unpaired) electrons. The van der Waals surface area contributed by atoms with E-state index >= 15 is 0 Å². The van der Waals surface area contributed by atoms with Gasteiger partial charge in [-0.05, 0) is 42.0 Å². The summed E-state index contributed by atoms with van der Waals surface area (Å²) in [5, 5.41) is 12.7. The fraction of sp³-hybridized carbons (Fsp3) is 0.0455. The van der Waals surface area contributed by atoms with Gasteiger partial charge in [-0.3, -0.25) is 9.10 Å². The van der Waals surface area contributed by atoms with Crippen LogP contribution in [0.15, 0.2) is 94.9 Å². The molecule has 0 unspecified atom stereocenters. The van der Waals surface area contributed by atoms with Gasteiger partial charge in [-0.1, -0.05) is 48.5 Å². The van der Waals surface area contributed by atoms with Crippen molar-refractivity contribution in [2.45, 2.75) is 4.90 Å². The molecule has 31 heavy (non-hydrogen) atoms. The van der Waals surface area contributed by atoms with Crippen molar-refractivity contribution < 1.29 is 23.1 Å². The van der Waals surface area contributed by atoms with Crippen LogP contribution in [0.1, 0.15) is 15.9 Å². The molecule has 3 rings (SSSR count). The van der Waals surface area contributed by atoms with Crippen LogP contribution in [-0.2, 0) is 14.8 Å². The van der Waals surface area contributed by atoms with E-state index in [-0.39, 0.29) is 10.5 Å². The summed E-state index contributed by atoms with van der Waals surface area (Å²) in [5.74, 6) is -1.68. The molecule has 0 bridgehead atoms. The van der Waals surface area contributed by atoms with Crippen LogP contribution in [0.4, 0.5) is 5.69 Å². The summed E-state index contributed by atoms with van der Waals surface area (Å²) in [4.78, 5) is 23.4. The van der Waals surface area contributed by atoms with Gasteiger partial charge in [0.1, 0.15) is 6.54 Å². The SMILES string of the molecule is O=C(CN(c1ccccc1)S(=O)(=O)c1ccccc1)N/N=C\c1ccc(C(=O)O)cc1. The van der Waals surface area contributed by atoms with E-state index in [1.54, 1.807) is 48.5 Å². The molecule has 1 amide bonds. The molecule has 0 aliphatic heterocycles. The van der Waals surface area contributed by atoms with E-state index < -0.39 is 28.4 Å². The van der Waals surface area contributed by atoms with E-state index in [1.165, 1.54) is 42.6 Å². The molecule has 0 heterocycles. The third kappa shape index (κ3) is 5.55. The van der Waals surface area contributed by atoms with Gasteiger partial charge in [0.05, 0.1) is 22.4 Å². The second kappa shape index (κ2) is 9.68. The number of rotatable bonds is 8. The molecular weight excluding hydrogens is 418 g/mol. The number of sulfonamides is 1. The molecule has 2 N–H and O–H groups in total. The number of carboxylic acids is 1. The molecule has 3 aromatic carbocycles. The molecule has 8 nitrogen and oxygen atoms in total. The van der Waals surface area contributed by atoms with Crippen molar-refractivity contribution >= 4 is 33.8 Å². The first-order valence-electron chi connectivity index (χ1n) is 9.16. The van der Waals surface area contributed by atoms with Gasteiger partial charge in [0.15, 0.2) is 0 Å². The van der Waals surface area contributed by atoms with Gasteiger partial charge >= 0.3 is 5.97 Å². The van der Waals surface area contributed by atoms with E-state index in [9.17, 15) is 18.0 Å². The largest absolute Gasteiger partial charge is 0.478 e. The van der Waals surface area contributed by atoms with E-state index in [2.05, 4.69) is 10.5 Å². The number of hydrogen-bond acceptors (Lipinski definition) is 5. The minimum atomic E-state index is -3.97. The van der Waals surface area contributed by atoms with Crippen molar-refractivity contribution in [2.75, 3.05) is 10.8 Å². The molecule has 158 valence electrons. The first-order valence-corrected chi connectivity index (χ1v) is 10.6. The highest BCUT2D eigenvalue weighted by atomic mass is 32.2. The van der Waals surface area contributed by atoms with Gasteiger partial charge in [0.25, 0.3) is 15.9 Å². The number of benzene rings is 3. The minimum Gasteiger partial charge on any atom is -0.478 e. The molecule has 0 saturated heterocycles. The Morgan fingerprint density at radius 2 is 1.48 bits per heavy atom. The van der Waals surface area contributed by atoms with Gasteiger partial charge in [-0.15, -0.1) is 0 Å². The normalized spacial score (nSPS) is 11.2. The number of amides is 1. The zero-order chi connectivity index (χ0) is 22.3. The highest BCUT2D eigenvalue weighted by Crippen LogP contribution is 2.23. The molecule has 0 aliphatic rings. The van der Waals surface area contributed by atoms with Gasteiger partial charge in [0, 0.05) is 0 Å². The predicted octanol–water partition coefficient (Wildman–Crippen LogP) is 2.73. The van der Waals surface area contributed by atoms with E-state index in [0.717, 1.165) is 4.31 Å². The Balaban J connectivity index is 1.75. The fourth-order valence-electron chi connectivity index (χ4n) is 2.69. The molecule has 0 aromatic heterocycles. The smallest absolute Gasteiger partial charge is 0.335 e. The Morgan fingerprint density at radius 3 is 2.06 bits per heavy atom. The van der Waals surface area contributed by atoms with Crippen molar-refractivity contribution in [3.05, 3.63) is 96.1 Å². The van der Waals surface area contributed by atoms with E-state index in [4.69, 9.17) is 5.11 Å². The van der Waals surface area contributed by atoms with E-state index in [0.29, 0.717) is 11.3 Å². The first kappa shape index (κ1) is 21.7. The van der Waals surface area contributed by atoms with Crippen molar-refractivity contribution in [3.63, 3.8) is 0 Å². The number of hydrazone groups is 1. The maximum atomic E-state index is 13.1. The minimum absolute atomic E-state index is 0.0636. The third-order valence-corrected chi connectivity index (χ3v) is 6.01. The Morgan fingerprint density at radius 1 is 0.903 bits per heavy atom. The number of carbonyl (C=O) groups is 2. The van der Waals surface area contributed by atoms with Crippen LogP contribution < -0.4 is 9.73 Å². The summed E-state index contributed by atoms with van der Waals surface area (Å²) in [5.41, 5.74) is 3.34. The number of nitrogens with one attached hydrogen (secondary N) is 1. The maximum Gasteiger partial charge on any atom is 0.335 e. The molecule has 0 spiro atoms. The Kier molecular flexibility index (Phi) is 6.78. The number of anilines is 1. The average Bonchev–Trinajstić information content (AvgIpc) is 2.79. The fourth-order valence-corrected chi connectivity index (χ4v) is 4.13. The predicted molar refractivity (Wildman–Crippen MR) is 117 cm³/mol. The first-order chi connectivity index (χ1) is 14.9. The van der Waals surface area contributed by atoms with Crippen LogP contribution in [0.25, 0.3) is 0 Å². The standard InChI is InChI=1S/C22H19N3O5S/c26-21(24-23-15-17-11-13-18(14-12-17)22(27)28)16-25(19-7-3-1-4-8-19)31(29,30)20-9-5-2-6-10-20/h1-15H,16H2,(H,24,26)(H,27,28)/b23-15-. The summed E-state index contributed by atoms with van der Waals surface area (Å²) in [6.07, 6.45) is 1.34. The number of para-hydroxylation sites is 1. The van der Waals surface area contributed by atoms with Crippen molar-refractivity contribution in [1.82, 2.24) is 5.43 Å². The van der Waals surface area contributed by atoms with Gasteiger partial charge in [-0.25, -0.2) is 18.6 Å². The Hall–Kier alpha value is -3.98. The summed E-state index contributed by atoms with van der Waals surface area (Å²) in [6, 6.07) is 22.0. The summed E-state index contributed by atoms with van der Waals surface area (Å²) in [6.45, 7) is -0.476. The number of nitrogens with zero attached hydrogens (tertiary/aromatic N) is 2. The molecular formula is C22H19N3O5S. The van der Waals surface area contributed by atoms with Crippen molar-refractivity contribution in [3.8, 4) is 0 Å². The lowest BCUT2D eigenvalue weighted by molar-refractivity contribution is -0.119. The van der Waals surface area contributed by atoms with Crippen LogP contribution in [0.5, 0.6) is 0 Å². The Bertz CT molecular complexity index is 1180. The van der Waals surface area contributed by atoms with Crippen LogP contribution in [0.3, 0.4) is 0 Å². The molecule has 9 heteroatoms. The van der Waals surface area contributed by atoms with E-state index in [1.807, 2.05) is 0 Å². The second-order valence-electron chi connectivity index (χ2n) is 6.38. The van der Waals surface area contributed by atoms with Gasteiger partial charge in [-0.2, -0.15) is 5.10 Å². The van der Waals surface area contributed by atoms with Crippen molar-refractivity contribution in [2.24, 2.45) is 5.10 Å². The summed E-state index contributed by atoms with van der Waals surface area (Å²) < 4.78 is 27.2. The van der Waals surface area contributed by atoms with Crippen LogP contribution in [-0.4, -0.2) is 38.2 Å².